The minimum atomic E-state index is 0.0317. The highest BCUT2D eigenvalue weighted by Crippen LogP contribution is 2.52. The molecule has 0 aliphatic heterocycles. The second-order valence-electron chi connectivity index (χ2n) is 6.91. The van der Waals surface area contributed by atoms with Crippen LogP contribution in [0.4, 0.5) is 0 Å². The van der Waals surface area contributed by atoms with Crippen LogP contribution in [0.1, 0.15) is 74.2 Å². The fourth-order valence-corrected chi connectivity index (χ4v) is 3.71. The summed E-state index contributed by atoms with van der Waals surface area (Å²) in [6.07, 6.45) is 10.7. The summed E-state index contributed by atoms with van der Waals surface area (Å²) in [4.78, 5) is 4.66. The van der Waals surface area contributed by atoms with Gasteiger partial charge in [-0.2, -0.15) is 0 Å². The summed E-state index contributed by atoms with van der Waals surface area (Å²) in [5.74, 6) is 3.14. The molecule has 4 nitrogen and oxygen atoms in total. The Morgan fingerprint density at radius 1 is 1.05 bits per heavy atom. The molecule has 0 bridgehead atoms. The molecular formula is C17H20N4. The van der Waals surface area contributed by atoms with Gasteiger partial charge in [-0.05, 0) is 50.7 Å². The van der Waals surface area contributed by atoms with Crippen molar-refractivity contribution in [2.75, 3.05) is 0 Å². The standard InChI is InChI=1S/C17H20N4/c1-2-11-18-14(4-1)17(9-3-10-17)16-20-19-15(12-5-6-12)21(16)13-7-8-13/h1-2,4,11-13H,3,5-10H2. The van der Waals surface area contributed by atoms with Crippen molar-refractivity contribution >= 4 is 0 Å². The van der Waals surface area contributed by atoms with Gasteiger partial charge in [-0.1, -0.05) is 12.5 Å². The van der Waals surface area contributed by atoms with Crippen LogP contribution in [0.3, 0.4) is 0 Å². The van der Waals surface area contributed by atoms with Crippen LogP contribution in [0.2, 0.25) is 0 Å². The van der Waals surface area contributed by atoms with Gasteiger partial charge in [0.25, 0.3) is 0 Å². The van der Waals surface area contributed by atoms with Crippen LogP contribution < -0.4 is 0 Å². The van der Waals surface area contributed by atoms with E-state index in [1.165, 1.54) is 62.3 Å². The highest BCUT2D eigenvalue weighted by Gasteiger charge is 2.48. The smallest absolute Gasteiger partial charge is 0.145 e. The molecule has 0 N–H and O–H groups in total. The van der Waals surface area contributed by atoms with Gasteiger partial charge in [0.2, 0.25) is 0 Å². The van der Waals surface area contributed by atoms with Crippen molar-refractivity contribution in [3.05, 3.63) is 41.7 Å². The van der Waals surface area contributed by atoms with Gasteiger partial charge in [0.05, 0.1) is 11.1 Å². The van der Waals surface area contributed by atoms with Crippen LogP contribution >= 0.6 is 0 Å². The normalized spacial score (nSPS) is 23.8. The van der Waals surface area contributed by atoms with E-state index in [1.807, 2.05) is 12.3 Å². The zero-order valence-electron chi connectivity index (χ0n) is 12.2. The molecule has 0 saturated heterocycles. The molecule has 5 rings (SSSR count). The number of aromatic nitrogens is 4. The minimum absolute atomic E-state index is 0.0317. The third-order valence-electron chi connectivity index (χ3n) is 5.37. The molecule has 108 valence electrons. The van der Waals surface area contributed by atoms with Gasteiger partial charge in [0, 0.05) is 18.2 Å². The fourth-order valence-electron chi connectivity index (χ4n) is 3.71. The summed E-state index contributed by atoms with van der Waals surface area (Å²) in [6, 6.07) is 6.92. The van der Waals surface area contributed by atoms with Crippen molar-refractivity contribution < 1.29 is 0 Å². The van der Waals surface area contributed by atoms with E-state index in [2.05, 4.69) is 31.9 Å². The Bertz CT molecular complexity index is 663. The first-order chi connectivity index (χ1) is 10.4. The van der Waals surface area contributed by atoms with E-state index in [1.54, 1.807) is 0 Å². The summed E-state index contributed by atoms with van der Waals surface area (Å²) in [5.41, 5.74) is 1.22. The Labute approximate surface area is 124 Å². The molecule has 0 unspecified atom stereocenters. The van der Waals surface area contributed by atoms with E-state index in [0.29, 0.717) is 12.0 Å². The van der Waals surface area contributed by atoms with Crippen LogP contribution in [0.25, 0.3) is 0 Å². The zero-order valence-corrected chi connectivity index (χ0v) is 12.2. The second-order valence-corrected chi connectivity index (χ2v) is 6.91. The number of rotatable bonds is 4. The average molecular weight is 280 g/mol. The maximum Gasteiger partial charge on any atom is 0.145 e. The molecule has 2 heterocycles. The van der Waals surface area contributed by atoms with Crippen molar-refractivity contribution in [1.29, 1.82) is 0 Å². The molecule has 2 aromatic rings. The van der Waals surface area contributed by atoms with E-state index in [-0.39, 0.29) is 5.41 Å². The molecule has 3 fully saturated rings. The van der Waals surface area contributed by atoms with Crippen molar-refractivity contribution in [3.8, 4) is 0 Å². The maximum atomic E-state index is 4.68. The third-order valence-corrected chi connectivity index (χ3v) is 5.37. The molecule has 3 aliphatic rings. The predicted molar refractivity (Wildman–Crippen MR) is 79.1 cm³/mol. The molecule has 3 aliphatic carbocycles. The summed E-state index contributed by atoms with van der Waals surface area (Å²) >= 11 is 0. The summed E-state index contributed by atoms with van der Waals surface area (Å²) in [6.45, 7) is 0. The molecular weight excluding hydrogens is 260 g/mol. The fraction of sp³-hybridized carbons (Fsp3) is 0.588. The van der Waals surface area contributed by atoms with E-state index < -0.39 is 0 Å². The lowest BCUT2D eigenvalue weighted by Gasteiger charge is -2.40. The van der Waals surface area contributed by atoms with Gasteiger partial charge in [0.15, 0.2) is 0 Å². The zero-order chi connectivity index (χ0) is 13.9. The Morgan fingerprint density at radius 3 is 2.48 bits per heavy atom. The van der Waals surface area contributed by atoms with Crippen LogP contribution in [-0.4, -0.2) is 19.7 Å². The topological polar surface area (TPSA) is 43.6 Å². The van der Waals surface area contributed by atoms with Crippen LogP contribution in [0.5, 0.6) is 0 Å². The van der Waals surface area contributed by atoms with E-state index in [0.717, 1.165) is 0 Å². The molecule has 0 spiro atoms. The molecule has 0 atom stereocenters. The first kappa shape index (κ1) is 11.9. The SMILES string of the molecule is c1ccc(C2(c3nnc(C4CC4)n3C3CC3)CCC2)nc1. The highest BCUT2D eigenvalue weighted by atomic mass is 15.3. The Kier molecular flexibility index (Phi) is 2.35. The lowest BCUT2D eigenvalue weighted by molar-refractivity contribution is 0.267. The highest BCUT2D eigenvalue weighted by molar-refractivity contribution is 5.32. The first-order valence-corrected chi connectivity index (χ1v) is 8.25. The number of nitrogens with zero attached hydrogens (tertiary/aromatic N) is 4. The van der Waals surface area contributed by atoms with Gasteiger partial charge in [-0.3, -0.25) is 4.98 Å². The molecule has 0 aromatic carbocycles. The minimum Gasteiger partial charge on any atom is -0.311 e. The molecule has 0 radical (unpaired) electrons. The third kappa shape index (κ3) is 1.71. The molecule has 0 amide bonds. The summed E-state index contributed by atoms with van der Waals surface area (Å²) < 4.78 is 2.51. The summed E-state index contributed by atoms with van der Waals surface area (Å²) in [5, 5.41) is 9.28. The molecule has 4 heteroatoms. The van der Waals surface area contributed by atoms with Crippen LogP contribution in [-0.2, 0) is 5.41 Å². The molecule has 3 saturated carbocycles. The van der Waals surface area contributed by atoms with Crippen molar-refractivity contribution in [1.82, 2.24) is 19.7 Å². The first-order valence-electron chi connectivity index (χ1n) is 8.25. The maximum absolute atomic E-state index is 4.68. The Morgan fingerprint density at radius 2 is 1.90 bits per heavy atom. The van der Waals surface area contributed by atoms with Gasteiger partial charge in [-0.25, -0.2) is 0 Å². The van der Waals surface area contributed by atoms with E-state index in [4.69, 9.17) is 0 Å². The van der Waals surface area contributed by atoms with Crippen molar-refractivity contribution in [2.45, 2.75) is 62.3 Å². The van der Waals surface area contributed by atoms with E-state index in [9.17, 15) is 0 Å². The molecule has 21 heavy (non-hydrogen) atoms. The Balaban J connectivity index is 1.65. The van der Waals surface area contributed by atoms with Gasteiger partial charge in [-0.15, -0.1) is 10.2 Å². The monoisotopic (exact) mass is 280 g/mol. The number of hydrogen-bond donors (Lipinski definition) is 0. The van der Waals surface area contributed by atoms with E-state index >= 15 is 0 Å². The van der Waals surface area contributed by atoms with Crippen molar-refractivity contribution in [2.24, 2.45) is 0 Å². The van der Waals surface area contributed by atoms with Gasteiger partial charge >= 0.3 is 0 Å². The van der Waals surface area contributed by atoms with Crippen LogP contribution in [0.15, 0.2) is 24.4 Å². The predicted octanol–water partition coefficient (Wildman–Crippen LogP) is 3.36. The largest absolute Gasteiger partial charge is 0.311 e. The van der Waals surface area contributed by atoms with Crippen molar-refractivity contribution in [3.63, 3.8) is 0 Å². The quantitative estimate of drug-likeness (QED) is 0.862. The molecule has 2 aromatic heterocycles. The lowest BCUT2D eigenvalue weighted by Crippen LogP contribution is -2.39. The average Bonchev–Trinajstić information content (AvgIpc) is 3.39. The second kappa shape index (κ2) is 4.15. The Hall–Kier alpha value is -1.71. The lowest BCUT2D eigenvalue weighted by atomic mass is 9.65. The van der Waals surface area contributed by atoms with Gasteiger partial charge in [0.1, 0.15) is 11.6 Å². The number of pyridine rings is 1. The summed E-state index contributed by atoms with van der Waals surface area (Å²) in [7, 11) is 0. The van der Waals surface area contributed by atoms with Gasteiger partial charge < -0.3 is 4.57 Å². The number of hydrogen-bond acceptors (Lipinski definition) is 3. The van der Waals surface area contributed by atoms with Crippen LogP contribution in [0, 0.1) is 0 Å².